The predicted molar refractivity (Wildman–Crippen MR) is 74.6 cm³/mol. The van der Waals surface area contributed by atoms with Crippen LogP contribution < -0.4 is 10.2 Å². The zero-order chi connectivity index (χ0) is 11.9. The van der Waals surface area contributed by atoms with E-state index in [0.29, 0.717) is 0 Å². The summed E-state index contributed by atoms with van der Waals surface area (Å²) >= 11 is 0. The molecule has 1 N–H and O–H groups in total. The molecule has 0 aliphatic rings. The van der Waals surface area contributed by atoms with Crippen LogP contribution in [0, 0.1) is 0 Å². The molecule has 2 nitrogen and oxygen atoms in total. The lowest BCUT2D eigenvalue weighted by atomic mass is 10.3. The Morgan fingerprint density at radius 1 is 0.882 bits per heavy atom. The first-order chi connectivity index (χ1) is 8.36. The first kappa shape index (κ1) is 11.5. The Kier molecular flexibility index (Phi) is 4.03. The number of hydrogen-bond donors (Lipinski definition) is 1. The molecule has 17 heavy (non-hydrogen) atoms. The number of likely N-dealkylation sites (N-methyl/N-ethyl adjacent to an activating group) is 1. The van der Waals surface area contributed by atoms with Gasteiger partial charge in [0.25, 0.3) is 0 Å². The highest BCUT2D eigenvalue weighted by molar-refractivity contribution is 5.46. The number of para-hydroxylation sites is 2. The Balaban J connectivity index is 1.79. The monoisotopic (exact) mass is 226 g/mol. The van der Waals surface area contributed by atoms with Gasteiger partial charge >= 0.3 is 0 Å². The first-order valence-corrected chi connectivity index (χ1v) is 5.91. The zero-order valence-electron chi connectivity index (χ0n) is 10.1. The number of hydrogen-bond acceptors (Lipinski definition) is 2. The molecule has 2 aromatic rings. The molecule has 2 heteroatoms. The summed E-state index contributed by atoms with van der Waals surface area (Å²) in [5.41, 5.74) is 2.43. The first-order valence-electron chi connectivity index (χ1n) is 5.91. The molecule has 0 amide bonds. The van der Waals surface area contributed by atoms with Gasteiger partial charge in [-0.05, 0) is 24.3 Å². The van der Waals surface area contributed by atoms with Crippen LogP contribution in [0.4, 0.5) is 11.4 Å². The van der Waals surface area contributed by atoms with Crippen molar-refractivity contribution >= 4 is 11.4 Å². The molecule has 2 rings (SSSR count). The van der Waals surface area contributed by atoms with Gasteiger partial charge in [0.2, 0.25) is 0 Å². The van der Waals surface area contributed by atoms with E-state index < -0.39 is 0 Å². The highest BCUT2D eigenvalue weighted by Gasteiger charge is 1.98. The number of rotatable bonds is 5. The van der Waals surface area contributed by atoms with Crippen LogP contribution in [0.2, 0.25) is 0 Å². The van der Waals surface area contributed by atoms with Crippen molar-refractivity contribution in [3.63, 3.8) is 0 Å². The lowest BCUT2D eigenvalue weighted by Crippen LogP contribution is -2.24. The zero-order valence-corrected chi connectivity index (χ0v) is 10.1. The van der Waals surface area contributed by atoms with Crippen LogP contribution in [0.5, 0.6) is 0 Å². The van der Waals surface area contributed by atoms with Gasteiger partial charge in [-0.15, -0.1) is 0 Å². The van der Waals surface area contributed by atoms with Crippen LogP contribution in [0.3, 0.4) is 0 Å². The molecule has 0 unspecified atom stereocenters. The summed E-state index contributed by atoms with van der Waals surface area (Å²) in [5.74, 6) is 0. The summed E-state index contributed by atoms with van der Waals surface area (Å²) in [6.45, 7) is 1.92. The van der Waals surface area contributed by atoms with E-state index in [0.717, 1.165) is 13.1 Å². The van der Waals surface area contributed by atoms with Crippen LogP contribution in [0.25, 0.3) is 0 Å². The van der Waals surface area contributed by atoms with Crippen LogP contribution in [0.15, 0.2) is 60.7 Å². The summed E-state index contributed by atoms with van der Waals surface area (Å²) < 4.78 is 0. The molecule has 0 bridgehead atoms. The second-order valence-electron chi connectivity index (χ2n) is 4.05. The topological polar surface area (TPSA) is 15.3 Å². The van der Waals surface area contributed by atoms with Crippen molar-refractivity contribution in [2.45, 2.75) is 0 Å². The van der Waals surface area contributed by atoms with E-state index in [2.05, 4.69) is 53.7 Å². The van der Waals surface area contributed by atoms with Crippen LogP contribution >= 0.6 is 0 Å². The second kappa shape index (κ2) is 5.94. The smallest absolute Gasteiger partial charge is 0.0364 e. The van der Waals surface area contributed by atoms with E-state index in [-0.39, 0.29) is 0 Å². The Morgan fingerprint density at radius 3 is 2.12 bits per heavy atom. The van der Waals surface area contributed by atoms with Gasteiger partial charge in [0.05, 0.1) is 0 Å². The summed E-state index contributed by atoms with van der Waals surface area (Å²) in [5, 5.41) is 3.40. The normalized spacial score (nSPS) is 9.94. The van der Waals surface area contributed by atoms with Crippen LogP contribution in [-0.4, -0.2) is 20.1 Å². The lowest BCUT2D eigenvalue weighted by molar-refractivity contribution is 0.915. The van der Waals surface area contributed by atoms with E-state index in [4.69, 9.17) is 0 Å². The fourth-order valence-electron chi connectivity index (χ4n) is 1.74. The lowest BCUT2D eigenvalue weighted by Gasteiger charge is -2.19. The molecule has 88 valence electrons. The summed E-state index contributed by atoms with van der Waals surface area (Å²) in [7, 11) is 2.11. The standard InChI is InChI=1S/C15H18N2/c1-17(15-10-6-3-7-11-15)13-12-16-14-8-4-2-5-9-14/h2-11,16H,12-13H2,1H3. The third-order valence-electron chi connectivity index (χ3n) is 2.75. The molecule has 2 aromatic carbocycles. The molecule has 0 atom stereocenters. The minimum atomic E-state index is 0.940. The van der Waals surface area contributed by atoms with Crippen molar-refractivity contribution < 1.29 is 0 Å². The van der Waals surface area contributed by atoms with Gasteiger partial charge in [0, 0.05) is 31.5 Å². The minimum Gasteiger partial charge on any atom is -0.383 e. The average Bonchev–Trinajstić information content (AvgIpc) is 2.41. The minimum absolute atomic E-state index is 0.940. The molecule has 0 saturated carbocycles. The van der Waals surface area contributed by atoms with E-state index >= 15 is 0 Å². The Bertz CT molecular complexity index is 425. The van der Waals surface area contributed by atoms with Crippen molar-refractivity contribution in [1.29, 1.82) is 0 Å². The van der Waals surface area contributed by atoms with Gasteiger partial charge in [0.15, 0.2) is 0 Å². The van der Waals surface area contributed by atoms with Gasteiger partial charge in [-0.3, -0.25) is 0 Å². The van der Waals surface area contributed by atoms with Crippen molar-refractivity contribution in [2.24, 2.45) is 0 Å². The molecular formula is C15H18N2. The SMILES string of the molecule is CN(CCNc1ccccc1)c1ccccc1. The number of benzene rings is 2. The number of nitrogens with zero attached hydrogens (tertiary/aromatic N) is 1. The largest absolute Gasteiger partial charge is 0.383 e. The van der Waals surface area contributed by atoms with Gasteiger partial charge in [-0.25, -0.2) is 0 Å². The van der Waals surface area contributed by atoms with Gasteiger partial charge in [-0.2, -0.15) is 0 Å². The van der Waals surface area contributed by atoms with E-state index in [1.165, 1.54) is 11.4 Å². The molecule has 0 aromatic heterocycles. The molecule has 0 aliphatic carbocycles. The third kappa shape index (κ3) is 3.52. The maximum absolute atomic E-state index is 3.40. The number of anilines is 2. The van der Waals surface area contributed by atoms with Gasteiger partial charge in [-0.1, -0.05) is 36.4 Å². The molecule has 0 heterocycles. The molecule has 0 radical (unpaired) electrons. The molecule has 0 spiro atoms. The highest BCUT2D eigenvalue weighted by atomic mass is 15.1. The fraction of sp³-hybridized carbons (Fsp3) is 0.200. The quantitative estimate of drug-likeness (QED) is 0.842. The average molecular weight is 226 g/mol. The van der Waals surface area contributed by atoms with E-state index in [1.54, 1.807) is 0 Å². The maximum atomic E-state index is 3.40. The third-order valence-corrected chi connectivity index (χ3v) is 2.75. The Labute approximate surface area is 103 Å². The molecule has 0 aliphatic heterocycles. The van der Waals surface area contributed by atoms with Gasteiger partial charge < -0.3 is 10.2 Å². The Hall–Kier alpha value is -1.96. The highest BCUT2D eigenvalue weighted by Crippen LogP contribution is 2.10. The fourth-order valence-corrected chi connectivity index (χ4v) is 1.74. The molecule has 0 fully saturated rings. The predicted octanol–water partition coefficient (Wildman–Crippen LogP) is 3.23. The summed E-state index contributed by atoms with van der Waals surface area (Å²) in [6.07, 6.45) is 0. The maximum Gasteiger partial charge on any atom is 0.0364 e. The van der Waals surface area contributed by atoms with Crippen molar-refractivity contribution in [3.8, 4) is 0 Å². The molecular weight excluding hydrogens is 208 g/mol. The van der Waals surface area contributed by atoms with Crippen LogP contribution in [-0.2, 0) is 0 Å². The van der Waals surface area contributed by atoms with Crippen molar-refractivity contribution in [1.82, 2.24) is 0 Å². The van der Waals surface area contributed by atoms with E-state index in [9.17, 15) is 0 Å². The van der Waals surface area contributed by atoms with Crippen molar-refractivity contribution in [2.75, 3.05) is 30.4 Å². The second-order valence-corrected chi connectivity index (χ2v) is 4.05. The summed E-state index contributed by atoms with van der Waals surface area (Å²) in [4.78, 5) is 2.25. The van der Waals surface area contributed by atoms with Gasteiger partial charge in [0.1, 0.15) is 0 Å². The summed E-state index contributed by atoms with van der Waals surface area (Å²) in [6, 6.07) is 20.7. The number of nitrogens with one attached hydrogen (secondary N) is 1. The molecule has 0 saturated heterocycles. The van der Waals surface area contributed by atoms with E-state index in [1.807, 2.05) is 24.3 Å². The Morgan fingerprint density at radius 2 is 1.47 bits per heavy atom. The van der Waals surface area contributed by atoms with Crippen LogP contribution in [0.1, 0.15) is 0 Å². The van der Waals surface area contributed by atoms with Crippen molar-refractivity contribution in [3.05, 3.63) is 60.7 Å².